The molecule has 1 unspecified atom stereocenters. The molecular formula is C16H18N4O2. The third-order valence-corrected chi connectivity index (χ3v) is 3.80. The number of amides is 2. The first kappa shape index (κ1) is 14.3. The molecule has 1 heterocycles. The average molecular weight is 298 g/mol. The number of carbonyl (C=O) groups excluding carboxylic acids is 1. The van der Waals surface area contributed by atoms with Gasteiger partial charge in [-0.3, -0.25) is 4.79 Å². The first-order valence-electron chi connectivity index (χ1n) is 7.36. The topological polar surface area (TPSA) is 86.9 Å². The molecule has 3 rings (SSSR count). The van der Waals surface area contributed by atoms with Gasteiger partial charge in [-0.1, -0.05) is 30.3 Å². The molecule has 6 nitrogen and oxygen atoms in total. The largest absolute Gasteiger partial charge is 0.335 e. The Bertz CT molecular complexity index is 712. The molecule has 22 heavy (non-hydrogen) atoms. The van der Waals surface area contributed by atoms with E-state index in [2.05, 4.69) is 20.8 Å². The van der Waals surface area contributed by atoms with Gasteiger partial charge in [-0.15, -0.1) is 0 Å². The molecule has 1 aliphatic rings. The summed E-state index contributed by atoms with van der Waals surface area (Å²) in [6, 6.07) is 11.2. The number of carbonyl (C=O) groups is 1. The number of benzene rings is 1. The van der Waals surface area contributed by atoms with E-state index in [-0.39, 0.29) is 17.6 Å². The van der Waals surface area contributed by atoms with Crippen molar-refractivity contribution in [3.63, 3.8) is 0 Å². The van der Waals surface area contributed by atoms with E-state index in [9.17, 15) is 9.59 Å². The minimum Gasteiger partial charge on any atom is -0.335 e. The van der Waals surface area contributed by atoms with Crippen molar-refractivity contribution in [3.05, 3.63) is 63.6 Å². The summed E-state index contributed by atoms with van der Waals surface area (Å²) in [6.45, 7) is 0.497. The number of hydrogen-bond acceptors (Lipinski definition) is 3. The van der Waals surface area contributed by atoms with Crippen molar-refractivity contribution >= 4 is 6.03 Å². The molecule has 0 fully saturated rings. The van der Waals surface area contributed by atoms with Crippen LogP contribution in [0.1, 0.15) is 23.2 Å². The normalized spacial score (nSPS) is 16.6. The van der Waals surface area contributed by atoms with Crippen molar-refractivity contribution in [1.82, 2.24) is 20.8 Å². The number of nitrogens with one attached hydrogen (secondary N) is 3. The monoisotopic (exact) mass is 298 g/mol. The Labute approximate surface area is 128 Å². The Balaban J connectivity index is 1.53. The molecule has 0 saturated heterocycles. The van der Waals surface area contributed by atoms with Crippen LogP contribution in [0.3, 0.4) is 0 Å². The molecule has 114 valence electrons. The first-order chi connectivity index (χ1) is 10.7. The summed E-state index contributed by atoms with van der Waals surface area (Å²) in [7, 11) is 0. The second-order valence-electron chi connectivity index (χ2n) is 5.46. The zero-order valence-corrected chi connectivity index (χ0v) is 12.1. The van der Waals surface area contributed by atoms with Crippen molar-refractivity contribution in [3.8, 4) is 0 Å². The lowest BCUT2D eigenvalue weighted by atomic mass is 9.92. The summed E-state index contributed by atoms with van der Waals surface area (Å²) in [5.74, 6) is 0. The zero-order chi connectivity index (χ0) is 15.4. The van der Waals surface area contributed by atoms with Crippen LogP contribution in [0, 0.1) is 0 Å². The van der Waals surface area contributed by atoms with E-state index in [1.807, 2.05) is 30.3 Å². The predicted molar refractivity (Wildman–Crippen MR) is 82.5 cm³/mol. The number of aromatic amines is 1. The van der Waals surface area contributed by atoms with Crippen molar-refractivity contribution < 1.29 is 4.79 Å². The molecule has 1 aromatic heterocycles. The summed E-state index contributed by atoms with van der Waals surface area (Å²) in [5, 5.41) is 12.3. The Morgan fingerprint density at radius 2 is 2.14 bits per heavy atom. The molecule has 0 saturated carbocycles. The summed E-state index contributed by atoms with van der Waals surface area (Å²) >= 11 is 0. The summed E-state index contributed by atoms with van der Waals surface area (Å²) in [6.07, 6.45) is 2.23. The first-order valence-corrected chi connectivity index (χ1v) is 7.36. The quantitative estimate of drug-likeness (QED) is 0.794. The fraction of sp³-hybridized carbons (Fsp3) is 0.312. The van der Waals surface area contributed by atoms with Crippen LogP contribution in [0.25, 0.3) is 0 Å². The number of nitrogens with zero attached hydrogens (tertiary/aromatic N) is 1. The predicted octanol–water partition coefficient (Wildman–Crippen LogP) is 1.13. The Morgan fingerprint density at radius 1 is 1.32 bits per heavy atom. The van der Waals surface area contributed by atoms with E-state index >= 15 is 0 Å². The standard InChI is InChI=1S/C16H18N4O2/c21-15-9-12-8-13(6-7-14(12)19-20-15)18-16(22)17-10-11-4-2-1-3-5-11/h1-5,9,13H,6-8,10H2,(H,20,21)(H2,17,18,22). The highest BCUT2D eigenvalue weighted by atomic mass is 16.2. The molecule has 2 aromatic rings. The number of urea groups is 1. The zero-order valence-electron chi connectivity index (χ0n) is 12.1. The molecule has 0 bridgehead atoms. The van der Waals surface area contributed by atoms with Crippen molar-refractivity contribution in [2.24, 2.45) is 0 Å². The maximum Gasteiger partial charge on any atom is 0.315 e. The lowest BCUT2D eigenvalue weighted by molar-refractivity contribution is 0.235. The second-order valence-corrected chi connectivity index (χ2v) is 5.46. The molecule has 3 N–H and O–H groups in total. The maximum absolute atomic E-state index is 12.0. The van der Waals surface area contributed by atoms with Crippen LogP contribution in [-0.4, -0.2) is 22.3 Å². The third-order valence-electron chi connectivity index (χ3n) is 3.80. The van der Waals surface area contributed by atoms with Gasteiger partial charge in [0.25, 0.3) is 5.56 Å². The van der Waals surface area contributed by atoms with E-state index in [0.717, 1.165) is 29.7 Å². The Hall–Kier alpha value is -2.63. The average Bonchev–Trinajstić information content (AvgIpc) is 2.53. The van der Waals surface area contributed by atoms with Crippen LogP contribution in [0.5, 0.6) is 0 Å². The highest BCUT2D eigenvalue weighted by Crippen LogP contribution is 2.17. The number of aryl methyl sites for hydroxylation is 1. The van der Waals surface area contributed by atoms with Gasteiger partial charge in [-0.05, 0) is 30.4 Å². The van der Waals surface area contributed by atoms with Crippen molar-refractivity contribution in [1.29, 1.82) is 0 Å². The van der Waals surface area contributed by atoms with Gasteiger partial charge in [0.05, 0.1) is 5.69 Å². The molecule has 1 atom stereocenters. The molecule has 0 aliphatic heterocycles. The van der Waals surface area contributed by atoms with Crippen LogP contribution in [0.15, 0.2) is 41.2 Å². The molecule has 1 aromatic carbocycles. The van der Waals surface area contributed by atoms with E-state index in [0.29, 0.717) is 13.0 Å². The van der Waals surface area contributed by atoms with Gasteiger partial charge in [0.1, 0.15) is 0 Å². The van der Waals surface area contributed by atoms with E-state index < -0.39 is 0 Å². The van der Waals surface area contributed by atoms with Crippen molar-refractivity contribution in [2.75, 3.05) is 0 Å². The summed E-state index contributed by atoms with van der Waals surface area (Å²) < 4.78 is 0. The van der Waals surface area contributed by atoms with Crippen LogP contribution in [0.4, 0.5) is 4.79 Å². The fourth-order valence-corrected chi connectivity index (χ4v) is 2.68. The minimum atomic E-state index is -0.201. The van der Waals surface area contributed by atoms with E-state index in [1.165, 1.54) is 0 Å². The summed E-state index contributed by atoms with van der Waals surface area (Å²) in [4.78, 5) is 23.3. The smallest absolute Gasteiger partial charge is 0.315 e. The second kappa shape index (κ2) is 6.43. The number of hydrogen-bond donors (Lipinski definition) is 3. The highest BCUT2D eigenvalue weighted by molar-refractivity contribution is 5.74. The van der Waals surface area contributed by atoms with Gasteiger partial charge in [0.15, 0.2) is 0 Å². The van der Waals surface area contributed by atoms with Crippen LogP contribution < -0.4 is 16.2 Å². The Morgan fingerprint density at radius 3 is 2.95 bits per heavy atom. The third kappa shape index (κ3) is 3.52. The van der Waals surface area contributed by atoms with Gasteiger partial charge in [0, 0.05) is 18.7 Å². The lowest BCUT2D eigenvalue weighted by Crippen LogP contribution is -2.44. The van der Waals surface area contributed by atoms with E-state index in [1.54, 1.807) is 6.07 Å². The number of aromatic nitrogens is 2. The van der Waals surface area contributed by atoms with Gasteiger partial charge < -0.3 is 10.6 Å². The molecule has 1 aliphatic carbocycles. The molecule has 6 heteroatoms. The molecule has 0 radical (unpaired) electrons. The fourth-order valence-electron chi connectivity index (χ4n) is 2.68. The number of rotatable bonds is 3. The SMILES string of the molecule is O=C(NCc1ccccc1)NC1CCc2n[nH]c(=O)cc2C1. The van der Waals surface area contributed by atoms with Crippen molar-refractivity contribution in [2.45, 2.75) is 31.8 Å². The number of fused-ring (bicyclic) bond motifs is 1. The van der Waals surface area contributed by atoms with Crippen LogP contribution >= 0.6 is 0 Å². The summed E-state index contributed by atoms with van der Waals surface area (Å²) in [5.41, 5.74) is 2.70. The molecular weight excluding hydrogens is 280 g/mol. The lowest BCUT2D eigenvalue weighted by Gasteiger charge is -2.24. The van der Waals surface area contributed by atoms with Crippen LogP contribution in [-0.2, 0) is 19.4 Å². The van der Waals surface area contributed by atoms with Gasteiger partial charge in [-0.2, -0.15) is 5.10 Å². The van der Waals surface area contributed by atoms with Gasteiger partial charge >= 0.3 is 6.03 Å². The van der Waals surface area contributed by atoms with Gasteiger partial charge in [-0.25, -0.2) is 9.89 Å². The van der Waals surface area contributed by atoms with E-state index in [4.69, 9.17) is 0 Å². The molecule has 0 spiro atoms. The highest BCUT2D eigenvalue weighted by Gasteiger charge is 2.21. The maximum atomic E-state index is 12.0. The van der Waals surface area contributed by atoms with Gasteiger partial charge in [0.2, 0.25) is 0 Å². The minimum absolute atomic E-state index is 0.0341. The Kier molecular flexibility index (Phi) is 4.18. The number of H-pyrrole nitrogens is 1. The molecule has 2 amide bonds. The van der Waals surface area contributed by atoms with Crippen LogP contribution in [0.2, 0.25) is 0 Å².